The number of carbonyl (C=O) groups is 1. The highest BCUT2D eigenvalue weighted by atomic mass is 32.1. The number of aromatic nitrogens is 1. The molecule has 0 radical (unpaired) electrons. The average molecular weight is 279 g/mol. The molecule has 0 aliphatic carbocycles. The Morgan fingerprint density at radius 3 is 2.47 bits per heavy atom. The van der Waals surface area contributed by atoms with E-state index in [2.05, 4.69) is 16.3 Å². The molecule has 1 aromatic carbocycles. The van der Waals surface area contributed by atoms with E-state index in [0.717, 1.165) is 27.1 Å². The molecule has 4 nitrogen and oxygen atoms in total. The molecule has 1 aromatic heterocycles. The number of carbonyl (C=O) groups excluding carboxylic acids is 1. The zero-order chi connectivity index (χ0) is 14.4. The van der Waals surface area contributed by atoms with Crippen LogP contribution in [0.4, 0.5) is 0 Å². The predicted octanol–water partition coefficient (Wildman–Crippen LogP) is 3.41. The van der Waals surface area contributed by atoms with Gasteiger partial charge in [0.25, 0.3) is 0 Å². The number of benzene rings is 1. The minimum atomic E-state index is 0.598. The van der Waals surface area contributed by atoms with E-state index in [1.807, 2.05) is 13.0 Å². The average Bonchev–Trinajstić information content (AvgIpc) is 2.82. The summed E-state index contributed by atoms with van der Waals surface area (Å²) in [5.41, 5.74) is 2.30. The first-order chi connectivity index (χ1) is 9.07. The molecule has 0 aliphatic rings. The van der Waals surface area contributed by atoms with E-state index in [9.17, 15) is 4.79 Å². The third kappa shape index (κ3) is 3.62. The van der Waals surface area contributed by atoms with E-state index in [4.69, 9.17) is 4.74 Å². The molecule has 0 bridgehead atoms. The lowest BCUT2D eigenvalue weighted by Gasteiger charge is -2.00. The van der Waals surface area contributed by atoms with Crippen LogP contribution in [0.2, 0.25) is 0 Å². The molecule has 19 heavy (non-hydrogen) atoms. The number of allylic oxidation sites excluding steroid dienone is 1. The summed E-state index contributed by atoms with van der Waals surface area (Å²) in [5.74, 6) is 0.628. The van der Waals surface area contributed by atoms with E-state index in [1.54, 1.807) is 27.4 Å². The van der Waals surface area contributed by atoms with Gasteiger partial charge in [0.15, 0.2) is 0 Å². The van der Waals surface area contributed by atoms with Gasteiger partial charge in [-0.3, -0.25) is 4.79 Å². The maximum absolute atomic E-state index is 10.8. The van der Waals surface area contributed by atoms with Crippen molar-refractivity contribution in [1.29, 1.82) is 0 Å². The molecule has 102 valence electrons. The number of methoxy groups -OCH3 is 2. The number of ether oxygens (including phenoxy) is 2. The Labute approximate surface area is 116 Å². The Balaban J connectivity index is 0.000000550. The van der Waals surface area contributed by atoms with Crippen LogP contribution in [0.15, 0.2) is 18.7 Å². The Bertz CT molecular complexity index is 590. The first-order valence-corrected chi connectivity index (χ1v) is 6.38. The summed E-state index contributed by atoms with van der Waals surface area (Å²) in [6.45, 7) is 5.76. The molecule has 1 heterocycles. The fourth-order valence-corrected chi connectivity index (χ4v) is 2.38. The Morgan fingerprint density at radius 2 is 2.00 bits per heavy atom. The van der Waals surface area contributed by atoms with Crippen molar-refractivity contribution in [2.75, 3.05) is 21.3 Å². The Morgan fingerprint density at radius 1 is 1.37 bits per heavy atom. The van der Waals surface area contributed by atoms with Crippen molar-refractivity contribution in [2.24, 2.45) is 0 Å². The van der Waals surface area contributed by atoms with Crippen LogP contribution < -0.4 is 4.74 Å². The van der Waals surface area contributed by atoms with Crippen molar-refractivity contribution < 1.29 is 14.3 Å². The van der Waals surface area contributed by atoms with Crippen LogP contribution >= 0.6 is 11.3 Å². The molecule has 0 saturated carbocycles. The van der Waals surface area contributed by atoms with Gasteiger partial charge in [-0.1, -0.05) is 6.58 Å². The summed E-state index contributed by atoms with van der Waals surface area (Å²) in [5, 5.41) is 0.872. The van der Waals surface area contributed by atoms with Gasteiger partial charge in [0.1, 0.15) is 22.6 Å². The minimum absolute atomic E-state index is 0.598. The van der Waals surface area contributed by atoms with E-state index in [0.29, 0.717) is 11.3 Å². The van der Waals surface area contributed by atoms with Gasteiger partial charge in [0.05, 0.1) is 11.8 Å². The van der Waals surface area contributed by atoms with Crippen LogP contribution in [-0.2, 0) is 4.74 Å². The summed E-state index contributed by atoms with van der Waals surface area (Å²) < 4.78 is 10.4. The number of nitrogens with zero attached hydrogens (tertiary/aromatic N) is 1. The van der Waals surface area contributed by atoms with Crippen LogP contribution in [0.3, 0.4) is 0 Å². The van der Waals surface area contributed by atoms with E-state index in [-0.39, 0.29) is 0 Å². The zero-order valence-corrected chi connectivity index (χ0v) is 12.3. The summed E-state index contributed by atoms with van der Waals surface area (Å²) in [6, 6.07) is 3.51. The van der Waals surface area contributed by atoms with Gasteiger partial charge in [0, 0.05) is 19.8 Å². The molecule has 0 fully saturated rings. The molecule has 0 unspecified atom stereocenters. The molecule has 0 amide bonds. The number of fused-ring (bicyclic) bond motifs is 1. The summed E-state index contributed by atoms with van der Waals surface area (Å²) in [7, 11) is 4.82. The molecule has 0 aliphatic heterocycles. The highest BCUT2D eigenvalue weighted by molar-refractivity contribution is 7.19. The number of hydrogen-bond donors (Lipinski definition) is 0. The standard InChI is InChI=1S/C12H11NO2S.C2H6O/c1-7(2)12-13-11-9(15-3)4-8(6-14)5-10(11)16-12;1-3-2/h4-6H,1H2,2-3H3;1-2H3. The first-order valence-electron chi connectivity index (χ1n) is 5.57. The van der Waals surface area contributed by atoms with Crippen LogP contribution in [0.25, 0.3) is 15.8 Å². The Kier molecular flexibility index (Phi) is 5.66. The molecule has 2 aromatic rings. The molecule has 0 N–H and O–H groups in total. The second kappa shape index (κ2) is 7.01. The van der Waals surface area contributed by atoms with Crippen molar-refractivity contribution in [1.82, 2.24) is 4.98 Å². The quantitative estimate of drug-likeness (QED) is 0.808. The topological polar surface area (TPSA) is 48.4 Å². The fraction of sp³-hybridized carbons (Fsp3) is 0.286. The fourth-order valence-electron chi connectivity index (χ4n) is 1.43. The largest absolute Gasteiger partial charge is 0.494 e. The van der Waals surface area contributed by atoms with Crippen LogP contribution in [-0.4, -0.2) is 32.6 Å². The summed E-state index contributed by atoms with van der Waals surface area (Å²) in [4.78, 5) is 15.2. The van der Waals surface area contributed by atoms with E-state index < -0.39 is 0 Å². The van der Waals surface area contributed by atoms with Crippen LogP contribution in [0.1, 0.15) is 22.3 Å². The minimum Gasteiger partial charge on any atom is -0.494 e. The van der Waals surface area contributed by atoms with Gasteiger partial charge in [-0.25, -0.2) is 4.98 Å². The molecular formula is C14H17NO3S. The molecule has 0 saturated heterocycles. The molecule has 5 heteroatoms. The molecule has 0 spiro atoms. The first kappa shape index (κ1) is 15.3. The third-order valence-electron chi connectivity index (χ3n) is 2.20. The highest BCUT2D eigenvalue weighted by Crippen LogP contribution is 2.33. The second-order valence-electron chi connectivity index (χ2n) is 3.90. The van der Waals surface area contributed by atoms with Gasteiger partial charge >= 0.3 is 0 Å². The number of rotatable bonds is 3. The van der Waals surface area contributed by atoms with Gasteiger partial charge in [-0.15, -0.1) is 11.3 Å². The lowest BCUT2D eigenvalue weighted by Crippen LogP contribution is -1.87. The monoisotopic (exact) mass is 279 g/mol. The number of hydrogen-bond acceptors (Lipinski definition) is 5. The van der Waals surface area contributed by atoms with Crippen LogP contribution in [0.5, 0.6) is 5.75 Å². The summed E-state index contributed by atoms with van der Waals surface area (Å²) >= 11 is 1.51. The number of thiazole rings is 1. The second-order valence-corrected chi connectivity index (χ2v) is 4.93. The Hall–Kier alpha value is -1.72. The SMILES string of the molecule is C=C(C)c1nc2c(OC)cc(C=O)cc2s1.COC. The van der Waals surface area contributed by atoms with E-state index >= 15 is 0 Å². The van der Waals surface area contributed by atoms with Crippen molar-refractivity contribution in [3.05, 3.63) is 29.3 Å². The maximum atomic E-state index is 10.8. The van der Waals surface area contributed by atoms with Crippen molar-refractivity contribution in [3.63, 3.8) is 0 Å². The van der Waals surface area contributed by atoms with Gasteiger partial charge in [-0.2, -0.15) is 0 Å². The highest BCUT2D eigenvalue weighted by Gasteiger charge is 2.10. The smallest absolute Gasteiger partial charge is 0.150 e. The lowest BCUT2D eigenvalue weighted by atomic mass is 10.2. The predicted molar refractivity (Wildman–Crippen MR) is 79.2 cm³/mol. The third-order valence-corrected chi connectivity index (χ3v) is 3.37. The van der Waals surface area contributed by atoms with Crippen molar-refractivity contribution >= 4 is 33.4 Å². The maximum Gasteiger partial charge on any atom is 0.150 e. The van der Waals surface area contributed by atoms with Crippen LogP contribution in [0, 0.1) is 0 Å². The van der Waals surface area contributed by atoms with Gasteiger partial charge < -0.3 is 9.47 Å². The van der Waals surface area contributed by atoms with Gasteiger partial charge in [0.2, 0.25) is 0 Å². The van der Waals surface area contributed by atoms with E-state index in [1.165, 1.54) is 11.3 Å². The lowest BCUT2D eigenvalue weighted by molar-refractivity contribution is 0.112. The zero-order valence-electron chi connectivity index (χ0n) is 11.5. The van der Waals surface area contributed by atoms with Gasteiger partial charge in [-0.05, 0) is 24.6 Å². The number of aldehydes is 1. The molecule has 0 atom stereocenters. The molecular weight excluding hydrogens is 262 g/mol. The normalized spacial score (nSPS) is 9.68. The summed E-state index contributed by atoms with van der Waals surface area (Å²) in [6.07, 6.45) is 0.808. The van der Waals surface area contributed by atoms with Crippen molar-refractivity contribution in [2.45, 2.75) is 6.92 Å². The molecule has 2 rings (SSSR count). The van der Waals surface area contributed by atoms with Crippen molar-refractivity contribution in [3.8, 4) is 5.75 Å².